The average Bonchev–Trinajstić information content (AvgIpc) is 3.62. The largest absolute Gasteiger partial charge is 0.424 e. The number of H-pyrrole nitrogens is 1. The summed E-state index contributed by atoms with van der Waals surface area (Å²) in [5.41, 5.74) is 3.52. The quantitative estimate of drug-likeness (QED) is 0.231. The maximum atomic E-state index is 14.7. The van der Waals surface area contributed by atoms with Gasteiger partial charge in [-0.05, 0) is 42.8 Å². The highest BCUT2D eigenvalue weighted by Crippen LogP contribution is 2.29. The summed E-state index contributed by atoms with van der Waals surface area (Å²) in [5.74, 6) is -0.103. The molecule has 0 fully saturated rings. The Morgan fingerprint density at radius 2 is 1.95 bits per heavy atom. The number of nitriles is 1. The minimum Gasteiger partial charge on any atom is -0.424 e. The van der Waals surface area contributed by atoms with Crippen LogP contribution in [-0.2, 0) is 5.41 Å². The van der Waals surface area contributed by atoms with Gasteiger partial charge in [-0.15, -0.1) is 0 Å². The monoisotopic (exact) mass is 551 g/mol. The predicted molar refractivity (Wildman–Crippen MR) is 150 cm³/mol. The van der Waals surface area contributed by atoms with E-state index in [1.165, 1.54) is 24.4 Å². The molecule has 0 atom stereocenters. The summed E-state index contributed by atoms with van der Waals surface area (Å²) in [5, 5.41) is 26.1. The fourth-order valence-corrected chi connectivity index (χ4v) is 3.88. The SMILES string of the molecule is Cc1ccc(-n2nc(C(C)(C)C)cc2NC(=O)Nc2cc(Oc3nccc(-c4cn[nH]c4)n3)ccc2F)cc1C#N. The summed E-state index contributed by atoms with van der Waals surface area (Å²) in [6.07, 6.45) is 4.83. The van der Waals surface area contributed by atoms with Crippen molar-refractivity contribution in [1.29, 1.82) is 5.26 Å². The van der Waals surface area contributed by atoms with Crippen molar-refractivity contribution in [2.24, 2.45) is 0 Å². The Bertz CT molecular complexity index is 1770. The number of nitrogens with one attached hydrogen (secondary N) is 3. The van der Waals surface area contributed by atoms with Gasteiger partial charge in [-0.2, -0.15) is 20.4 Å². The normalized spacial score (nSPS) is 11.1. The standard InChI is InChI=1S/C29H26FN9O2/c1-17-5-6-20(11-18(17)14-31)39-26(13-25(38-39)29(2,3)4)37-27(40)35-24-12-21(7-8-22(24)30)41-28-32-10-9-23(36-28)19-15-33-34-16-19/h5-13,15-16H,1-4H3,(H,33,34)(H2,35,37,40). The molecular formula is C29H26FN9O2. The number of carbonyl (C=O) groups is 1. The molecule has 2 amide bonds. The van der Waals surface area contributed by atoms with E-state index >= 15 is 0 Å². The second kappa shape index (κ2) is 10.9. The summed E-state index contributed by atoms with van der Waals surface area (Å²) >= 11 is 0. The first-order chi connectivity index (χ1) is 19.6. The van der Waals surface area contributed by atoms with Gasteiger partial charge in [0, 0.05) is 35.5 Å². The van der Waals surface area contributed by atoms with Crippen LogP contribution in [0, 0.1) is 24.1 Å². The molecule has 206 valence electrons. The first kappa shape index (κ1) is 27.0. The van der Waals surface area contributed by atoms with E-state index in [9.17, 15) is 14.4 Å². The van der Waals surface area contributed by atoms with Crippen LogP contribution in [-0.4, -0.2) is 36.0 Å². The van der Waals surface area contributed by atoms with Crippen LogP contribution in [0.3, 0.4) is 0 Å². The lowest BCUT2D eigenvalue weighted by molar-refractivity contribution is 0.262. The number of carbonyl (C=O) groups excluding carboxylic acids is 1. The second-order valence-electron chi connectivity index (χ2n) is 10.2. The summed E-state index contributed by atoms with van der Waals surface area (Å²) in [6, 6.07) is 14.2. The number of halogens is 1. The van der Waals surface area contributed by atoms with Crippen molar-refractivity contribution in [2.45, 2.75) is 33.1 Å². The fraction of sp³-hybridized carbons (Fsp3) is 0.172. The summed E-state index contributed by atoms with van der Waals surface area (Å²) in [6.45, 7) is 7.83. The Labute approximate surface area is 235 Å². The number of nitrogens with zero attached hydrogens (tertiary/aromatic N) is 6. The maximum absolute atomic E-state index is 14.7. The Balaban J connectivity index is 1.37. The van der Waals surface area contributed by atoms with E-state index < -0.39 is 11.8 Å². The summed E-state index contributed by atoms with van der Waals surface area (Å²) in [7, 11) is 0. The van der Waals surface area contributed by atoms with Gasteiger partial charge in [0.15, 0.2) is 0 Å². The van der Waals surface area contributed by atoms with Gasteiger partial charge in [0.25, 0.3) is 0 Å². The molecule has 0 saturated heterocycles. The molecule has 0 radical (unpaired) electrons. The highest BCUT2D eigenvalue weighted by molar-refractivity contribution is 5.99. The lowest BCUT2D eigenvalue weighted by Gasteiger charge is -2.14. The number of aromatic nitrogens is 6. The molecule has 0 bridgehead atoms. The first-order valence-electron chi connectivity index (χ1n) is 12.6. The van der Waals surface area contributed by atoms with Crippen molar-refractivity contribution in [2.75, 3.05) is 10.6 Å². The molecule has 0 aliphatic rings. The molecular weight excluding hydrogens is 525 g/mol. The summed E-state index contributed by atoms with van der Waals surface area (Å²) in [4.78, 5) is 21.5. The third kappa shape index (κ3) is 6.04. The molecule has 0 spiro atoms. The lowest BCUT2D eigenvalue weighted by atomic mass is 9.92. The number of rotatable bonds is 6. The van der Waals surface area contributed by atoms with Gasteiger partial charge in [0.2, 0.25) is 0 Å². The minimum atomic E-state index is -0.700. The van der Waals surface area contributed by atoms with Crippen LogP contribution in [0.15, 0.2) is 67.1 Å². The lowest BCUT2D eigenvalue weighted by Crippen LogP contribution is -2.22. The van der Waals surface area contributed by atoms with Gasteiger partial charge in [-0.1, -0.05) is 26.8 Å². The van der Waals surface area contributed by atoms with Crippen LogP contribution in [0.4, 0.5) is 20.7 Å². The second-order valence-corrected chi connectivity index (χ2v) is 10.2. The Morgan fingerprint density at radius 1 is 1.12 bits per heavy atom. The number of aromatic amines is 1. The predicted octanol–water partition coefficient (Wildman–Crippen LogP) is 6.11. The van der Waals surface area contributed by atoms with Crippen LogP contribution in [0.5, 0.6) is 11.8 Å². The van der Waals surface area contributed by atoms with Crippen molar-refractivity contribution < 1.29 is 13.9 Å². The number of ether oxygens (including phenoxy) is 1. The molecule has 3 aromatic heterocycles. The van der Waals surface area contributed by atoms with Crippen LogP contribution in [0.2, 0.25) is 0 Å². The van der Waals surface area contributed by atoms with Gasteiger partial charge in [-0.3, -0.25) is 10.4 Å². The van der Waals surface area contributed by atoms with Gasteiger partial charge in [0.1, 0.15) is 17.4 Å². The third-order valence-corrected chi connectivity index (χ3v) is 6.13. The molecule has 12 heteroatoms. The maximum Gasteiger partial charge on any atom is 0.324 e. The zero-order chi connectivity index (χ0) is 29.1. The van der Waals surface area contributed by atoms with Crippen molar-refractivity contribution in [3.63, 3.8) is 0 Å². The Morgan fingerprint density at radius 3 is 2.68 bits per heavy atom. The van der Waals surface area contributed by atoms with Crippen LogP contribution < -0.4 is 15.4 Å². The van der Waals surface area contributed by atoms with E-state index in [2.05, 4.69) is 42.0 Å². The molecule has 5 rings (SSSR count). The number of amides is 2. The zero-order valence-corrected chi connectivity index (χ0v) is 22.7. The zero-order valence-electron chi connectivity index (χ0n) is 22.7. The minimum absolute atomic E-state index is 0.0409. The molecule has 0 aliphatic carbocycles. The molecule has 0 aliphatic heterocycles. The average molecular weight is 552 g/mol. The molecule has 3 heterocycles. The van der Waals surface area contributed by atoms with E-state index in [0.29, 0.717) is 28.5 Å². The number of benzene rings is 2. The van der Waals surface area contributed by atoms with E-state index in [0.717, 1.165) is 11.1 Å². The van der Waals surface area contributed by atoms with E-state index in [1.54, 1.807) is 35.3 Å². The molecule has 0 unspecified atom stereocenters. The van der Waals surface area contributed by atoms with Crippen molar-refractivity contribution >= 4 is 17.5 Å². The highest BCUT2D eigenvalue weighted by Gasteiger charge is 2.22. The Kier molecular flexibility index (Phi) is 7.18. The van der Waals surface area contributed by atoms with Gasteiger partial charge in [0.05, 0.1) is 40.6 Å². The van der Waals surface area contributed by atoms with Crippen molar-refractivity contribution in [1.82, 2.24) is 29.9 Å². The van der Waals surface area contributed by atoms with Gasteiger partial charge < -0.3 is 10.1 Å². The smallest absolute Gasteiger partial charge is 0.324 e. The highest BCUT2D eigenvalue weighted by atomic mass is 19.1. The molecule has 5 aromatic rings. The number of aryl methyl sites for hydroxylation is 1. The van der Waals surface area contributed by atoms with E-state index in [4.69, 9.17) is 4.74 Å². The van der Waals surface area contributed by atoms with Crippen LogP contribution >= 0.6 is 0 Å². The van der Waals surface area contributed by atoms with Crippen LogP contribution in [0.1, 0.15) is 37.6 Å². The number of urea groups is 1. The van der Waals surface area contributed by atoms with Crippen molar-refractivity contribution in [3.8, 4) is 34.8 Å². The van der Waals surface area contributed by atoms with Crippen LogP contribution in [0.25, 0.3) is 16.9 Å². The molecule has 0 saturated carbocycles. The Hall–Kier alpha value is -5.57. The molecule has 2 aromatic carbocycles. The van der Waals surface area contributed by atoms with E-state index in [-0.39, 0.29) is 22.9 Å². The topological polar surface area (TPSA) is 146 Å². The number of hydrogen-bond acceptors (Lipinski definition) is 7. The van der Waals surface area contributed by atoms with Gasteiger partial charge in [-0.25, -0.2) is 18.9 Å². The number of hydrogen-bond donors (Lipinski definition) is 3. The van der Waals surface area contributed by atoms with Gasteiger partial charge >= 0.3 is 12.0 Å². The fourth-order valence-electron chi connectivity index (χ4n) is 3.88. The summed E-state index contributed by atoms with van der Waals surface area (Å²) < 4.78 is 22.0. The third-order valence-electron chi connectivity index (χ3n) is 6.13. The van der Waals surface area contributed by atoms with Crippen molar-refractivity contribution in [3.05, 3.63) is 89.8 Å². The molecule has 3 N–H and O–H groups in total. The first-order valence-corrected chi connectivity index (χ1v) is 12.6. The molecule has 41 heavy (non-hydrogen) atoms. The van der Waals surface area contributed by atoms with E-state index in [1.807, 2.05) is 39.8 Å². The number of anilines is 2. The molecule has 11 nitrogen and oxygen atoms in total.